The number of nitrogens with zero attached hydrogens (tertiary/aromatic N) is 7. The maximum absolute atomic E-state index is 6.14. The van der Waals surface area contributed by atoms with Crippen molar-refractivity contribution in [2.45, 2.75) is 20.5 Å². The molecule has 6 aromatic rings. The average molecular weight is 488 g/mol. The van der Waals surface area contributed by atoms with Crippen molar-refractivity contribution in [2.24, 2.45) is 5.16 Å². The lowest BCUT2D eigenvalue weighted by atomic mass is 10.2. The van der Waals surface area contributed by atoms with E-state index in [0.29, 0.717) is 10.8 Å². The summed E-state index contributed by atoms with van der Waals surface area (Å²) in [5, 5.41) is 10.9. The van der Waals surface area contributed by atoms with Gasteiger partial charge in [-0.05, 0) is 37.6 Å². The highest BCUT2D eigenvalue weighted by atomic mass is 35.5. The van der Waals surface area contributed by atoms with Crippen molar-refractivity contribution < 1.29 is 4.84 Å². The molecule has 0 fully saturated rings. The van der Waals surface area contributed by atoms with Gasteiger partial charge < -0.3 is 4.84 Å². The summed E-state index contributed by atoms with van der Waals surface area (Å²) in [5.74, 6) is 0.510. The molecule has 8 nitrogen and oxygen atoms in total. The van der Waals surface area contributed by atoms with Gasteiger partial charge in [0.1, 0.15) is 6.33 Å². The molecule has 0 atom stereocenters. The molecule has 168 valence electrons. The lowest BCUT2D eigenvalue weighted by Gasteiger charge is -2.02. The molecular weight excluding hydrogens is 470 g/mol. The number of aromatic nitrogens is 6. The molecule has 4 heterocycles. The van der Waals surface area contributed by atoms with Crippen LogP contribution in [0.25, 0.3) is 32.0 Å². The molecule has 0 saturated heterocycles. The molecule has 0 spiro atoms. The number of para-hydroxylation sites is 1. The fourth-order valence-corrected chi connectivity index (χ4v) is 5.13. The third kappa shape index (κ3) is 3.41. The summed E-state index contributed by atoms with van der Waals surface area (Å²) in [6.07, 6.45) is 3.24. The zero-order valence-electron chi connectivity index (χ0n) is 18.3. The maximum atomic E-state index is 6.14. The average Bonchev–Trinajstić information content (AvgIpc) is 3.52. The Morgan fingerprint density at radius 3 is 2.74 bits per heavy atom. The van der Waals surface area contributed by atoms with Crippen LogP contribution in [0.5, 0.6) is 0 Å². The van der Waals surface area contributed by atoms with Crippen LogP contribution in [-0.2, 0) is 11.4 Å². The van der Waals surface area contributed by atoms with Crippen molar-refractivity contribution in [3.8, 4) is 5.13 Å². The predicted octanol–water partition coefficient (Wildman–Crippen LogP) is 5.50. The van der Waals surface area contributed by atoms with Crippen LogP contribution >= 0.6 is 22.9 Å². The molecular formula is C24H18ClN7OS. The number of hydrogen-bond donors (Lipinski definition) is 0. The molecule has 0 aliphatic heterocycles. The summed E-state index contributed by atoms with van der Waals surface area (Å²) in [7, 11) is 0. The van der Waals surface area contributed by atoms with Crippen LogP contribution in [0.15, 0.2) is 60.0 Å². The fourth-order valence-electron chi connectivity index (χ4n) is 3.92. The predicted molar refractivity (Wildman–Crippen MR) is 134 cm³/mol. The van der Waals surface area contributed by atoms with Crippen molar-refractivity contribution in [3.05, 3.63) is 82.5 Å². The molecule has 0 amide bonds. The number of fused-ring (bicyclic) bond motifs is 4. The highest BCUT2D eigenvalue weighted by Crippen LogP contribution is 2.33. The number of aryl methyl sites for hydroxylation is 1. The number of hydrogen-bond acceptors (Lipinski definition) is 7. The van der Waals surface area contributed by atoms with Gasteiger partial charge in [-0.15, -0.1) is 5.10 Å². The largest absolute Gasteiger partial charge is 0.387 e. The minimum absolute atomic E-state index is 0.126. The first-order valence-electron chi connectivity index (χ1n) is 10.6. The Balaban J connectivity index is 1.36. The van der Waals surface area contributed by atoms with Gasteiger partial charge in [0.05, 0.1) is 21.8 Å². The minimum atomic E-state index is 0.126. The van der Waals surface area contributed by atoms with Crippen LogP contribution in [0.1, 0.15) is 22.6 Å². The Hall–Kier alpha value is -3.82. The Kier molecular flexibility index (Phi) is 5.00. The third-order valence-corrected chi connectivity index (χ3v) is 7.08. The number of rotatable bonds is 5. The molecule has 0 saturated carbocycles. The van der Waals surface area contributed by atoms with Crippen LogP contribution in [0.3, 0.4) is 0 Å². The van der Waals surface area contributed by atoms with Gasteiger partial charge in [0.15, 0.2) is 28.9 Å². The van der Waals surface area contributed by atoms with Gasteiger partial charge >= 0.3 is 0 Å². The summed E-state index contributed by atoms with van der Waals surface area (Å²) in [6, 6.07) is 15.5. The second kappa shape index (κ2) is 8.19. The zero-order valence-corrected chi connectivity index (χ0v) is 19.9. The molecule has 4 aromatic heterocycles. The van der Waals surface area contributed by atoms with Gasteiger partial charge in [-0.3, -0.25) is 4.57 Å². The summed E-state index contributed by atoms with van der Waals surface area (Å²) < 4.78 is 4.90. The van der Waals surface area contributed by atoms with Crippen molar-refractivity contribution in [1.82, 2.24) is 29.1 Å². The van der Waals surface area contributed by atoms with Crippen molar-refractivity contribution in [3.63, 3.8) is 0 Å². The summed E-state index contributed by atoms with van der Waals surface area (Å²) in [5.41, 5.74) is 5.43. The van der Waals surface area contributed by atoms with E-state index >= 15 is 0 Å². The quantitative estimate of drug-likeness (QED) is 0.237. The molecule has 34 heavy (non-hydrogen) atoms. The third-order valence-electron chi connectivity index (χ3n) is 5.72. The minimum Gasteiger partial charge on any atom is -0.387 e. The van der Waals surface area contributed by atoms with Gasteiger partial charge in [-0.25, -0.2) is 19.5 Å². The van der Waals surface area contributed by atoms with E-state index in [1.165, 1.54) is 0 Å². The Morgan fingerprint density at radius 1 is 1.06 bits per heavy atom. The van der Waals surface area contributed by atoms with E-state index in [4.69, 9.17) is 31.4 Å². The molecule has 10 heteroatoms. The molecule has 0 aliphatic carbocycles. The van der Waals surface area contributed by atoms with E-state index in [2.05, 4.69) is 34.7 Å². The van der Waals surface area contributed by atoms with E-state index < -0.39 is 0 Å². The second-order valence-corrected chi connectivity index (χ2v) is 9.20. The number of oxime groups is 1. The Bertz CT molecular complexity index is 1680. The van der Waals surface area contributed by atoms with Gasteiger partial charge in [-0.1, -0.05) is 58.4 Å². The molecule has 0 unspecified atom stereocenters. The Morgan fingerprint density at radius 2 is 1.88 bits per heavy atom. The molecule has 2 aromatic carbocycles. The SMILES string of the molecule is Cc1c(C)n(-c2nc3ccccc3s2)c2ncn3nc(CON=Cc4ccccc4Cl)nc3c12. The van der Waals surface area contributed by atoms with Crippen LogP contribution in [0.4, 0.5) is 0 Å². The summed E-state index contributed by atoms with van der Waals surface area (Å²) >= 11 is 7.78. The number of halogens is 1. The van der Waals surface area contributed by atoms with Gasteiger partial charge in [0.2, 0.25) is 0 Å². The fraction of sp³-hybridized carbons (Fsp3) is 0.125. The van der Waals surface area contributed by atoms with Crippen LogP contribution in [0, 0.1) is 13.8 Å². The van der Waals surface area contributed by atoms with E-state index in [9.17, 15) is 0 Å². The van der Waals surface area contributed by atoms with Gasteiger partial charge in [-0.2, -0.15) is 0 Å². The van der Waals surface area contributed by atoms with Crippen molar-refractivity contribution >= 4 is 56.0 Å². The van der Waals surface area contributed by atoms with Gasteiger partial charge in [0, 0.05) is 16.3 Å². The first-order chi connectivity index (χ1) is 16.6. The summed E-state index contributed by atoms with van der Waals surface area (Å²) in [6.45, 7) is 4.27. The second-order valence-electron chi connectivity index (χ2n) is 7.78. The molecule has 0 radical (unpaired) electrons. The standard InChI is InChI=1S/C24H18ClN7OS/c1-14-15(2)32(24-28-18-9-5-6-10-19(18)34-24)22-21(14)23-29-20(30-31(23)13-26-22)12-33-27-11-16-7-3-4-8-17(16)25/h3-11,13H,12H2,1-2H3. The maximum Gasteiger partial charge on any atom is 0.196 e. The molecule has 6 rings (SSSR count). The highest BCUT2D eigenvalue weighted by Gasteiger charge is 2.20. The van der Waals surface area contributed by atoms with E-state index in [1.54, 1.807) is 34.5 Å². The smallest absolute Gasteiger partial charge is 0.196 e. The molecule has 0 bridgehead atoms. The summed E-state index contributed by atoms with van der Waals surface area (Å²) in [4.78, 5) is 19.7. The van der Waals surface area contributed by atoms with Crippen LogP contribution in [-0.4, -0.2) is 35.3 Å². The topological polar surface area (TPSA) is 82.5 Å². The van der Waals surface area contributed by atoms with Crippen molar-refractivity contribution in [1.29, 1.82) is 0 Å². The van der Waals surface area contributed by atoms with Crippen molar-refractivity contribution in [2.75, 3.05) is 0 Å². The Labute approximate surface area is 203 Å². The number of benzene rings is 2. The lowest BCUT2D eigenvalue weighted by Crippen LogP contribution is -1.98. The first kappa shape index (κ1) is 20.8. The van der Waals surface area contributed by atoms with Crippen LogP contribution < -0.4 is 0 Å². The van der Waals surface area contributed by atoms with Crippen LogP contribution in [0.2, 0.25) is 5.02 Å². The number of thiazole rings is 1. The highest BCUT2D eigenvalue weighted by molar-refractivity contribution is 7.20. The van der Waals surface area contributed by atoms with E-state index in [-0.39, 0.29) is 6.61 Å². The first-order valence-corrected chi connectivity index (χ1v) is 11.8. The van der Waals surface area contributed by atoms with E-state index in [0.717, 1.165) is 48.8 Å². The molecule has 0 aliphatic rings. The monoisotopic (exact) mass is 487 g/mol. The zero-order chi connectivity index (χ0) is 23.2. The molecule has 0 N–H and O–H groups in total. The normalized spacial score (nSPS) is 12.0. The lowest BCUT2D eigenvalue weighted by molar-refractivity contribution is 0.126. The van der Waals surface area contributed by atoms with Gasteiger partial charge in [0.25, 0.3) is 0 Å². The van der Waals surface area contributed by atoms with E-state index in [1.807, 2.05) is 36.4 Å².